The minimum Gasteiger partial charge on any atom is -0.283 e. The van der Waals surface area contributed by atoms with E-state index in [4.69, 9.17) is 0 Å². The first-order chi connectivity index (χ1) is 7.58. The van der Waals surface area contributed by atoms with Crippen LogP contribution in [0, 0.1) is 13.8 Å². The molecule has 0 saturated carbocycles. The Morgan fingerprint density at radius 1 is 1.12 bits per heavy atom. The number of hydrogen-bond acceptors (Lipinski definition) is 1. The fourth-order valence-electron chi connectivity index (χ4n) is 1.51. The lowest BCUT2D eigenvalue weighted by Gasteiger charge is -2.07. The highest BCUT2D eigenvalue weighted by Gasteiger charge is 2.02. The second-order valence-electron chi connectivity index (χ2n) is 3.85. The molecule has 0 radical (unpaired) electrons. The average molecular weight is 278 g/mol. The van der Waals surface area contributed by atoms with Crippen molar-refractivity contribution >= 4 is 15.9 Å². The van der Waals surface area contributed by atoms with Crippen molar-refractivity contribution in [2.24, 2.45) is 0 Å². The Labute approximate surface area is 103 Å². The van der Waals surface area contributed by atoms with Gasteiger partial charge in [0.05, 0.1) is 0 Å². The summed E-state index contributed by atoms with van der Waals surface area (Å²) in [5.74, 6) is 0. The van der Waals surface area contributed by atoms with Crippen molar-refractivity contribution in [2.45, 2.75) is 13.8 Å². The predicted molar refractivity (Wildman–Crippen MR) is 69.2 cm³/mol. The third-order valence-electron chi connectivity index (χ3n) is 2.51. The van der Waals surface area contributed by atoms with Crippen LogP contribution in [0.2, 0.25) is 0 Å². The van der Waals surface area contributed by atoms with E-state index < -0.39 is 0 Å². The number of rotatable bonds is 1. The first kappa shape index (κ1) is 11.1. The predicted octanol–water partition coefficient (Wildman–Crippen LogP) is 3.22. The molecule has 2 rings (SSSR count). The number of aryl methyl sites for hydroxylation is 2. The lowest BCUT2D eigenvalue weighted by Crippen LogP contribution is -2.17. The van der Waals surface area contributed by atoms with Crippen molar-refractivity contribution < 1.29 is 0 Å². The maximum absolute atomic E-state index is 11.8. The Hall–Kier alpha value is -1.35. The molecule has 2 aromatic rings. The minimum atomic E-state index is -0.00967. The molecule has 1 heterocycles. The number of aromatic nitrogens is 1. The fourth-order valence-corrected chi connectivity index (χ4v) is 1.83. The molecule has 0 spiro atoms. The Morgan fingerprint density at radius 3 is 2.38 bits per heavy atom. The zero-order valence-electron chi connectivity index (χ0n) is 9.20. The summed E-state index contributed by atoms with van der Waals surface area (Å²) in [6.07, 6.45) is 1.81. The van der Waals surface area contributed by atoms with E-state index in [1.165, 1.54) is 5.56 Å². The van der Waals surface area contributed by atoms with Crippen LogP contribution in [0.3, 0.4) is 0 Å². The average Bonchev–Trinajstić information content (AvgIpc) is 2.25. The molecule has 0 aliphatic rings. The van der Waals surface area contributed by atoms with Gasteiger partial charge in [0.1, 0.15) is 0 Å². The Kier molecular flexibility index (Phi) is 2.97. The van der Waals surface area contributed by atoms with E-state index in [1.54, 1.807) is 10.6 Å². The van der Waals surface area contributed by atoms with Gasteiger partial charge in [-0.2, -0.15) is 0 Å². The summed E-state index contributed by atoms with van der Waals surface area (Å²) in [6.45, 7) is 3.93. The summed E-state index contributed by atoms with van der Waals surface area (Å²) in [7, 11) is 0. The van der Waals surface area contributed by atoms with Crippen LogP contribution in [-0.4, -0.2) is 4.57 Å². The zero-order chi connectivity index (χ0) is 11.7. The zero-order valence-corrected chi connectivity index (χ0v) is 10.8. The normalized spacial score (nSPS) is 10.4. The van der Waals surface area contributed by atoms with E-state index in [0.717, 1.165) is 15.7 Å². The van der Waals surface area contributed by atoms with Gasteiger partial charge in [-0.15, -0.1) is 0 Å². The molecule has 0 unspecified atom stereocenters. The number of halogens is 1. The van der Waals surface area contributed by atoms with Crippen molar-refractivity contribution in [1.29, 1.82) is 0 Å². The van der Waals surface area contributed by atoms with Crippen LogP contribution in [0.1, 0.15) is 11.1 Å². The van der Waals surface area contributed by atoms with Crippen LogP contribution in [0.15, 0.2) is 45.8 Å². The van der Waals surface area contributed by atoms with E-state index in [2.05, 4.69) is 15.9 Å². The molecule has 1 aromatic heterocycles. The highest BCUT2D eigenvalue weighted by molar-refractivity contribution is 9.10. The Morgan fingerprint density at radius 2 is 1.75 bits per heavy atom. The lowest BCUT2D eigenvalue weighted by atomic mass is 10.2. The number of benzene rings is 1. The van der Waals surface area contributed by atoms with Crippen molar-refractivity contribution in [2.75, 3.05) is 0 Å². The van der Waals surface area contributed by atoms with Gasteiger partial charge in [-0.25, -0.2) is 0 Å². The maximum Gasteiger partial charge on any atom is 0.255 e. The summed E-state index contributed by atoms with van der Waals surface area (Å²) in [5.41, 5.74) is 3.01. The van der Waals surface area contributed by atoms with Crippen LogP contribution < -0.4 is 5.56 Å². The molecule has 0 amide bonds. The van der Waals surface area contributed by atoms with Gasteiger partial charge < -0.3 is 0 Å². The van der Waals surface area contributed by atoms with Crippen LogP contribution >= 0.6 is 15.9 Å². The summed E-state index contributed by atoms with van der Waals surface area (Å²) in [5, 5.41) is 0. The van der Waals surface area contributed by atoms with E-state index in [9.17, 15) is 4.79 Å². The van der Waals surface area contributed by atoms with Crippen LogP contribution in [-0.2, 0) is 0 Å². The number of nitrogens with zero attached hydrogens (tertiary/aromatic N) is 1. The van der Waals surface area contributed by atoms with Crippen LogP contribution in [0.4, 0.5) is 0 Å². The van der Waals surface area contributed by atoms with Crippen molar-refractivity contribution in [3.8, 4) is 5.69 Å². The van der Waals surface area contributed by atoms with Gasteiger partial charge >= 0.3 is 0 Å². The molecule has 1 aromatic carbocycles. The maximum atomic E-state index is 11.8. The molecule has 0 aliphatic heterocycles. The second kappa shape index (κ2) is 4.26. The third kappa shape index (κ3) is 2.09. The largest absolute Gasteiger partial charge is 0.283 e. The summed E-state index contributed by atoms with van der Waals surface area (Å²) >= 11 is 3.43. The molecule has 82 valence electrons. The van der Waals surface area contributed by atoms with E-state index in [-0.39, 0.29) is 5.56 Å². The van der Waals surface area contributed by atoms with Crippen LogP contribution in [0.5, 0.6) is 0 Å². The summed E-state index contributed by atoms with van der Waals surface area (Å²) in [4.78, 5) is 11.8. The Balaban J connectivity index is 2.60. The molecule has 3 heteroatoms. The molecular weight excluding hydrogens is 266 g/mol. The molecular formula is C13H12BrNO. The molecule has 0 aliphatic carbocycles. The van der Waals surface area contributed by atoms with Gasteiger partial charge in [0.25, 0.3) is 5.56 Å². The first-order valence-electron chi connectivity index (χ1n) is 5.04. The number of hydrogen-bond donors (Lipinski definition) is 0. The van der Waals surface area contributed by atoms with Gasteiger partial charge in [0, 0.05) is 22.4 Å². The van der Waals surface area contributed by atoms with E-state index >= 15 is 0 Å². The van der Waals surface area contributed by atoms with E-state index in [0.29, 0.717) is 0 Å². The third-order valence-corrected chi connectivity index (χ3v) is 3.34. The molecule has 0 saturated heterocycles. The van der Waals surface area contributed by atoms with E-state index in [1.807, 2.05) is 44.3 Å². The highest BCUT2D eigenvalue weighted by Crippen LogP contribution is 2.15. The standard InChI is InChI=1S/C13H12BrNO/c1-9-3-5-11(6-4-9)15-8-12(14)10(2)7-13(15)16/h3-8H,1-2H3. The van der Waals surface area contributed by atoms with Gasteiger partial charge in [0.15, 0.2) is 0 Å². The molecule has 0 fully saturated rings. The summed E-state index contributed by atoms with van der Waals surface area (Å²) < 4.78 is 2.57. The first-order valence-corrected chi connectivity index (χ1v) is 5.83. The quantitative estimate of drug-likeness (QED) is 0.785. The second-order valence-corrected chi connectivity index (χ2v) is 4.70. The van der Waals surface area contributed by atoms with Crippen molar-refractivity contribution in [3.63, 3.8) is 0 Å². The van der Waals surface area contributed by atoms with Crippen molar-refractivity contribution in [3.05, 3.63) is 62.5 Å². The van der Waals surface area contributed by atoms with Gasteiger partial charge in [0.2, 0.25) is 0 Å². The minimum absolute atomic E-state index is 0.00967. The SMILES string of the molecule is Cc1ccc(-n2cc(Br)c(C)cc2=O)cc1. The number of pyridine rings is 1. The van der Waals surface area contributed by atoms with Gasteiger partial charge in [-0.1, -0.05) is 17.7 Å². The molecule has 0 N–H and O–H groups in total. The van der Waals surface area contributed by atoms with Crippen LogP contribution in [0.25, 0.3) is 5.69 Å². The summed E-state index contributed by atoms with van der Waals surface area (Å²) in [6, 6.07) is 9.51. The topological polar surface area (TPSA) is 22.0 Å². The monoisotopic (exact) mass is 277 g/mol. The fraction of sp³-hybridized carbons (Fsp3) is 0.154. The van der Waals surface area contributed by atoms with Gasteiger partial charge in [-0.05, 0) is 47.5 Å². The smallest absolute Gasteiger partial charge is 0.255 e. The molecule has 16 heavy (non-hydrogen) atoms. The molecule has 0 atom stereocenters. The van der Waals surface area contributed by atoms with Crippen molar-refractivity contribution in [1.82, 2.24) is 4.57 Å². The Bertz CT molecular complexity index is 569. The van der Waals surface area contributed by atoms with Gasteiger partial charge in [-0.3, -0.25) is 9.36 Å². The molecule has 0 bridgehead atoms. The lowest BCUT2D eigenvalue weighted by molar-refractivity contribution is 0.973. The molecule has 2 nitrogen and oxygen atoms in total. The highest BCUT2D eigenvalue weighted by atomic mass is 79.9.